The van der Waals surface area contributed by atoms with Crippen LogP contribution < -0.4 is 0 Å². The molecule has 0 bridgehead atoms. The number of hydrogen-bond acceptors (Lipinski definition) is 3. The van der Waals surface area contributed by atoms with Crippen molar-refractivity contribution in [1.29, 1.82) is 0 Å². The van der Waals surface area contributed by atoms with Crippen molar-refractivity contribution in [2.24, 2.45) is 46.3 Å². The number of carbonyl (C=O) groups is 2. The first-order chi connectivity index (χ1) is 15.1. The molecule has 3 nitrogen and oxygen atoms in total. The lowest BCUT2D eigenvalue weighted by Crippen LogP contribution is -2.54. The van der Waals surface area contributed by atoms with Gasteiger partial charge in [-0.2, -0.15) is 0 Å². The van der Waals surface area contributed by atoms with Gasteiger partial charge in [-0.15, -0.1) is 0 Å². The fourth-order valence-electron chi connectivity index (χ4n) is 8.65. The molecule has 4 rings (SSSR count). The van der Waals surface area contributed by atoms with E-state index >= 15 is 0 Å². The van der Waals surface area contributed by atoms with Crippen molar-refractivity contribution >= 4 is 11.8 Å². The molecule has 3 fully saturated rings. The third-order valence-corrected chi connectivity index (χ3v) is 10.5. The minimum atomic E-state index is -0.123. The fourth-order valence-corrected chi connectivity index (χ4v) is 8.65. The average molecular weight is 443 g/mol. The molecule has 0 radical (unpaired) electrons. The highest BCUT2D eigenvalue weighted by atomic mass is 16.5. The van der Waals surface area contributed by atoms with Crippen molar-refractivity contribution in [2.75, 3.05) is 0 Å². The van der Waals surface area contributed by atoms with Crippen LogP contribution in [0.3, 0.4) is 0 Å². The molecule has 4 aliphatic rings. The predicted octanol–water partition coefficient (Wildman–Crippen LogP) is 7.14. The summed E-state index contributed by atoms with van der Waals surface area (Å²) >= 11 is 0. The molecule has 0 unspecified atom stereocenters. The number of allylic oxidation sites excluding steroid dienone is 2. The summed E-state index contributed by atoms with van der Waals surface area (Å²) in [5.74, 6) is 3.98. The molecular weight excluding hydrogens is 396 g/mol. The van der Waals surface area contributed by atoms with E-state index in [1.165, 1.54) is 44.1 Å². The van der Waals surface area contributed by atoms with Crippen molar-refractivity contribution in [1.82, 2.24) is 0 Å². The Morgan fingerprint density at radius 2 is 1.81 bits per heavy atom. The SMILES string of the molecule is CC(=O)O[C@H]1CC[C@@]2(C)[C@@H](CC[C@@H]3[C@@H]2CC[C@]2(C)C([C@H](C)C(=O)CCC(C)C)=CC[C@@H]32)C1. The number of ketones is 1. The second kappa shape index (κ2) is 8.91. The summed E-state index contributed by atoms with van der Waals surface area (Å²) in [7, 11) is 0. The van der Waals surface area contributed by atoms with Crippen LogP contribution in [0.5, 0.6) is 0 Å². The van der Waals surface area contributed by atoms with Gasteiger partial charge in [0, 0.05) is 19.3 Å². The summed E-state index contributed by atoms with van der Waals surface area (Å²) in [6.07, 6.45) is 13.9. The lowest BCUT2D eigenvalue weighted by molar-refractivity contribution is -0.158. The molecule has 0 amide bonds. The third kappa shape index (κ3) is 4.11. The second-order valence-corrected chi connectivity index (χ2v) is 12.6. The standard InChI is InChI=1S/C29H46O3/c1-18(2)7-12-27(31)19(3)24-10-11-25-23-9-8-21-17-22(32-20(4)30)13-15-28(21,5)26(23)14-16-29(24,25)6/h10,18-19,21-23,25-26H,7-9,11-17H2,1-6H3/t19-,21-,22-,23-,25-,26-,28-,29+/m0/s1. The Kier molecular flexibility index (Phi) is 6.69. The van der Waals surface area contributed by atoms with E-state index in [9.17, 15) is 9.59 Å². The Bertz CT molecular complexity index is 766. The molecule has 8 atom stereocenters. The number of Topliss-reactive ketones (excluding diaryl/α,β-unsaturated/α-hetero) is 1. The van der Waals surface area contributed by atoms with Crippen molar-refractivity contribution in [3.05, 3.63) is 11.6 Å². The summed E-state index contributed by atoms with van der Waals surface area (Å²) in [6, 6.07) is 0. The first-order valence-electron chi connectivity index (χ1n) is 13.5. The van der Waals surface area contributed by atoms with Crippen molar-refractivity contribution < 1.29 is 14.3 Å². The molecule has 0 saturated heterocycles. The van der Waals surface area contributed by atoms with E-state index in [1.54, 1.807) is 6.92 Å². The summed E-state index contributed by atoms with van der Waals surface area (Å²) in [4.78, 5) is 24.5. The van der Waals surface area contributed by atoms with E-state index in [4.69, 9.17) is 4.74 Å². The Balaban J connectivity index is 1.46. The number of esters is 1. The van der Waals surface area contributed by atoms with E-state index in [0.717, 1.165) is 37.5 Å². The maximum atomic E-state index is 13.0. The largest absolute Gasteiger partial charge is 0.463 e. The van der Waals surface area contributed by atoms with Gasteiger partial charge in [0.1, 0.15) is 11.9 Å². The Morgan fingerprint density at radius 3 is 2.50 bits per heavy atom. The second-order valence-electron chi connectivity index (χ2n) is 12.6. The van der Waals surface area contributed by atoms with Gasteiger partial charge < -0.3 is 4.74 Å². The number of rotatable bonds is 6. The van der Waals surface area contributed by atoms with Crippen LogP contribution in [0.4, 0.5) is 0 Å². The van der Waals surface area contributed by atoms with Crippen LogP contribution in [-0.2, 0) is 14.3 Å². The summed E-state index contributed by atoms with van der Waals surface area (Å²) < 4.78 is 5.62. The van der Waals surface area contributed by atoms with Crippen molar-refractivity contribution in [3.63, 3.8) is 0 Å². The molecule has 0 heterocycles. The van der Waals surface area contributed by atoms with Crippen LogP contribution in [0.25, 0.3) is 0 Å². The molecule has 180 valence electrons. The molecule has 32 heavy (non-hydrogen) atoms. The summed E-state index contributed by atoms with van der Waals surface area (Å²) in [6.45, 7) is 13.2. The van der Waals surface area contributed by atoms with Gasteiger partial charge in [-0.1, -0.05) is 46.3 Å². The lowest BCUT2D eigenvalue weighted by atomic mass is 9.44. The van der Waals surface area contributed by atoms with Gasteiger partial charge in [-0.05, 0) is 98.2 Å². The molecule has 0 N–H and O–H groups in total. The Hall–Kier alpha value is -1.12. The van der Waals surface area contributed by atoms with Gasteiger partial charge in [0.2, 0.25) is 0 Å². The molecule has 0 spiro atoms. The zero-order valence-corrected chi connectivity index (χ0v) is 21.4. The average Bonchev–Trinajstić information content (AvgIpc) is 3.08. The quantitative estimate of drug-likeness (QED) is 0.324. The molecule has 4 aliphatic carbocycles. The van der Waals surface area contributed by atoms with E-state index in [1.807, 2.05) is 0 Å². The van der Waals surface area contributed by atoms with Crippen LogP contribution in [0.1, 0.15) is 106 Å². The van der Waals surface area contributed by atoms with Crippen LogP contribution in [0, 0.1) is 46.3 Å². The number of hydrogen-bond donors (Lipinski definition) is 0. The molecule has 0 aliphatic heterocycles. The first kappa shape index (κ1) is 24.0. The highest BCUT2D eigenvalue weighted by Gasteiger charge is 2.59. The maximum absolute atomic E-state index is 13.0. The van der Waals surface area contributed by atoms with Crippen LogP contribution >= 0.6 is 0 Å². The van der Waals surface area contributed by atoms with Gasteiger partial charge in [0.05, 0.1) is 0 Å². The van der Waals surface area contributed by atoms with Gasteiger partial charge >= 0.3 is 5.97 Å². The number of fused-ring (bicyclic) bond motifs is 5. The van der Waals surface area contributed by atoms with E-state index in [2.05, 4.69) is 40.7 Å². The van der Waals surface area contributed by atoms with Crippen molar-refractivity contribution in [2.45, 2.75) is 112 Å². The smallest absolute Gasteiger partial charge is 0.302 e. The summed E-state index contributed by atoms with van der Waals surface area (Å²) in [5.41, 5.74) is 2.08. The van der Waals surface area contributed by atoms with Gasteiger partial charge in [-0.3, -0.25) is 9.59 Å². The molecule has 0 aromatic carbocycles. The van der Waals surface area contributed by atoms with Gasteiger partial charge in [0.25, 0.3) is 0 Å². The van der Waals surface area contributed by atoms with Gasteiger partial charge in [-0.25, -0.2) is 0 Å². The van der Waals surface area contributed by atoms with Crippen LogP contribution in [-0.4, -0.2) is 17.9 Å². The Labute approximate surface area is 196 Å². The normalized spacial score (nSPS) is 41.8. The molecule has 3 saturated carbocycles. The number of carbonyl (C=O) groups excluding carboxylic acids is 2. The topological polar surface area (TPSA) is 43.4 Å². The van der Waals surface area contributed by atoms with Crippen LogP contribution in [0.2, 0.25) is 0 Å². The van der Waals surface area contributed by atoms with E-state index in [-0.39, 0.29) is 23.4 Å². The first-order valence-corrected chi connectivity index (χ1v) is 13.5. The van der Waals surface area contributed by atoms with E-state index < -0.39 is 0 Å². The highest BCUT2D eigenvalue weighted by Crippen LogP contribution is 2.67. The number of ether oxygens (including phenoxy) is 1. The maximum Gasteiger partial charge on any atom is 0.302 e. The zero-order chi connectivity index (χ0) is 23.3. The monoisotopic (exact) mass is 442 g/mol. The third-order valence-electron chi connectivity index (χ3n) is 10.5. The highest BCUT2D eigenvalue weighted by molar-refractivity contribution is 5.83. The fraction of sp³-hybridized carbons (Fsp3) is 0.862. The summed E-state index contributed by atoms with van der Waals surface area (Å²) in [5, 5.41) is 0. The Morgan fingerprint density at radius 1 is 1.06 bits per heavy atom. The predicted molar refractivity (Wildman–Crippen MR) is 129 cm³/mol. The van der Waals surface area contributed by atoms with E-state index in [0.29, 0.717) is 29.0 Å². The lowest BCUT2D eigenvalue weighted by Gasteiger charge is -2.61. The zero-order valence-electron chi connectivity index (χ0n) is 21.4. The minimum Gasteiger partial charge on any atom is -0.463 e. The molecule has 0 aromatic rings. The molecule has 0 aromatic heterocycles. The van der Waals surface area contributed by atoms with Gasteiger partial charge in [0.15, 0.2) is 0 Å². The molecular formula is C29H46O3. The van der Waals surface area contributed by atoms with Crippen molar-refractivity contribution in [3.8, 4) is 0 Å². The van der Waals surface area contributed by atoms with Crippen LogP contribution in [0.15, 0.2) is 11.6 Å². The molecule has 3 heteroatoms. The minimum absolute atomic E-state index is 0.0893.